The minimum absolute atomic E-state index is 0.0936. The molecule has 0 aliphatic rings. The molecule has 20 heavy (non-hydrogen) atoms. The van der Waals surface area contributed by atoms with Crippen LogP contribution in [0.25, 0.3) is 0 Å². The first-order valence-electron chi connectivity index (χ1n) is 5.74. The van der Waals surface area contributed by atoms with E-state index in [4.69, 9.17) is 17.3 Å². The van der Waals surface area contributed by atoms with Gasteiger partial charge in [0.1, 0.15) is 11.6 Å². The minimum Gasteiger partial charge on any atom is -0.399 e. The molecule has 0 atom stereocenters. The van der Waals surface area contributed by atoms with Crippen LogP contribution >= 0.6 is 11.6 Å². The van der Waals surface area contributed by atoms with Gasteiger partial charge in [-0.2, -0.15) is 0 Å². The number of amides is 1. The number of halogens is 3. The van der Waals surface area contributed by atoms with Crippen molar-refractivity contribution in [3.8, 4) is 0 Å². The molecule has 2 aromatic carbocycles. The second-order valence-electron chi connectivity index (χ2n) is 4.20. The van der Waals surface area contributed by atoms with Crippen LogP contribution in [0.3, 0.4) is 0 Å². The summed E-state index contributed by atoms with van der Waals surface area (Å²) < 4.78 is 26.7. The number of benzene rings is 2. The predicted molar refractivity (Wildman–Crippen MR) is 74.6 cm³/mol. The topological polar surface area (TPSA) is 55.1 Å². The van der Waals surface area contributed by atoms with Gasteiger partial charge in [-0.3, -0.25) is 4.79 Å². The van der Waals surface area contributed by atoms with E-state index in [1.54, 1.807) is 0 Å². The molecule has 0 spiro atoms. The van der Waals surface area contributed by atoms with Crippen LogP contribution in [0.4, 0.5) is 20.2 Å². The van der Waals surface area contributed by atoms with Crippen molar-refractivity contribution in [3.63, 3.8) is 0 Å². The van der Waals surface area contributed by atoms with Crippen LogP contribution in [0.2, 0.25) is 5.02 Å². The van der Waals surface area contributed by atoms with Crippen molar-refractivity contribution in [1.82, 2.24) is 0 Å². The summed E-state index contributed by atoms with van der Waals surface area (Å²) in [6.07, 6.45) is -0.248. The highest BCUT2D eigenvalue weighted by molar-refractivity contribution is 6.31. The third-order valence-electron chi connectivity index (χ3n) is 2.60. The van der Waals surface area contributed by atoms with Crippen molar-refractivity contribution in [2.24, 2.45) is 0 Å². The summed E-state index contributed by atoms with van der Waals surface area (Å²) in [5, 5.41) is 2.61. The summed E-state index contributed by atoms with van der Waals surface area (Å²) in [4.78, 5) is 11.8. The van der Waals surface area contributed by atoms with Crippen LogP contribution in [0.5, 0.6) is 0 Å². The quantitative estimate of drug-likeness (QED) is 0.853. The molecule has 0 aliphatic carbocycles. The van der Waals surface area contributed by atoms with Gasteiger partial charge in [0.15, 0.2) is 0 Å². The second-order valence-corrected chi connectivity index (χ2v) is 4.61. The highest BCUT2D eigenvalue weighted by Crippen LogP contribution is 2.21. The molecule has 0 unspecified atom stereocenters. The molecule has 0 aliphatic heterocycles. The van der Waals surface area contributed by atoms with Crippen molar-refractivity contribution in [3.05, 3.63) is 58.6 Å². The molecule has 6 heteroatoms. The average molecular weight is 297 g/mol. The highest BCUT2D eigenvalue weighted by atomic mass is 35.5. The zero-order chi connectivity index (χ0) is 14.7. The smallest absolute Gasteiger partial charge is 0.228 e. The molecule has 2 rings (SSSR count). The number of hydrogen-bond donors (Lipinski definition) is 2. The number of rotatable bonds is 3. The molecule has 0 fully saturated rings. The van der Waals surface area contributed by atoms with Crippen LogP contribution in [-0.2, 0) is 11.2 Å². The maximum Gasteiger partial charge on any atom is 0.228 e. The first kappa shape index (κ1) is 14.3. The van der Waals surface area contributed by atoms with Crippen molar-refractivity contribution in [1.29, 1.82) is 0 Å². The molecule has 0 radical (unpaired) electrons. The number of nitrogen functional groups attached to an aromatic ring is 1. The maximum absolute atomic E-state index is 13.5. The Hall–Kier alpha value is -2.14. The van der Waals surface area contributed by atoms with Gasteiger partial charge in [0.25, 0.3) is 0 Å². The molecule has 0 saturated carbocycles. The van der Waals surface area contributed by atoms with E-state index in [0.717, 1.165) is 12.1 Å². The van der Waals surface area contributed by atoms with Gasteiger partial charge in [-0.05, 0) is 30.3 Å². The lowest BCUT2D eigenvalue weighted by Crippen LogP contribution is -2.15. The first-order chi connectivity index (χ1) is 9.45. The molecule has 0 saturated heterocycles. The average Bonchev–Trinajstić information content (AvgIpc) is 2.32. The Kier molecular flexibility index (Phi) is 4.20. The van der Waals surface area contributed by atoms with Gasteiger partial charge < -0.3 is 11.1 Å². The number of carbonyl (C=O) groups is 1. The molecule has 0 aromatic heterocycles. The van der Waals surface area contributed by atoms with E-state index in [-0.39, 0.29) is 28.4 Å². The molecular formula is C14H11ClF2N2O. The van der Waals surface area contributed by atoms with E-state index in [0.29, 0.717) is 0 Å². The minimum atomic E-state index is -0.566. The van der Waals surface area contributed by atoms with E-state index in [2.05, 4.69) is 5.32 Å². The standard InChI is InChI=1S/C14H11ClF2N2O/c15-12-2-1-3-13(17)11(12)7-14(20)19-10-5-8(16)4-9(18)6-10/h1-6H,7,18H2,(H,19,20). The number of nitrogens with two attached hydrogens (primary N) is 1. The largest absolute Gasteiger partial charge is 0.399 e. The normalized spacial score (nSPS) is 10.3. The van der Waals surface area contributed by atoms with E-state index < -0.39 is 17.5 Å². The Labute approximate surface area is 119 Å². The molecule has 2 aromatic rings. The van der Waals surface area contributed by atoms with Gasteiger partial charge in [0.2, 0.25) is 5.91 Å². The van der Waals surface area contributed by atoms with Crippen LogP contribution in [-0.4, -0.2) is 5.91 Å². The van der Waals surface area contributed by atoms with Crippen LogP contribution in [0.1, 0.15) is 5.56 Å². The van der Waals surface area contributed by atoms with Gasteiger partial charge in [0.05, 0.1) is 6.42 Å². The Morgan fingerprint density at radius 1 is 1.25 bits per heavy atom. The fraction of sp³-hybridized carbons (Fsp3) is 0.0714. The van der Waals surface area contributed by atoms with Gasteiger partial charge in [-0.1, -0.05) is 17.7 Å². The Balaban J connectivity index is 2.13. The Morgan fingerprint density at radius 3 is 2.65 bits per heavy atom. The Bertz CT molecular complexity index is 621. The molecule has 0 heterocycles. The van der Waals surface area contributed by atoms with Gasteiger partial charge >= 0.3 is 0 Å². The summed E-state index contributed by atoms with van der Waals surface area (Å²) in [5.74, 6) is -1.64. The SMILES string of the molecule is Nc1cc(F)cc(NC(=O)Cc2c(F)cccc2Cl)c1. The fourth-order valence-electron chi connectivity index (χ4n) is 1.75. The summed E-state index contributed by atoms with van der Waals surface area (Å²) in [6.45, 7) is 0. The van der Waals surface area contributed by atoms with Crippen LogP contribution in [0.15, 0.2) is 36.4 Å². The van der Waals surface area contributed by atoms with E-state index in [9.17, 15) is 13.6 Å². The number of nitrogens with one attached hydrogen (secondary N) is 1. The van der Waals surface area contributed by atoms with Gasteiger partial charge in [-0.25, -0.2) is 8.78 Å². The van der Waals surface area contributed by atoms with Crippen molar-refractivity contribution < 1.29 is 13.6 Å². The maximum atomic E-state index is 13.5. The molecular weight excluding hydrogens is 286 g/mol. The zero-order valence-corrected chi connectivity index (χ0v) is 11.0. The summed E-state index contributed by atoms with van der Waals surface area (Å²) in [5.41, 5.74) is 5.95. The first-order valence-corrected chi connectivity index (χ1v) is 6.12. The number of carbonyl (C=O) groups excluding carboxylic acids is 1. The number of hydrogen-bond acceptors (Lipinski definition) is 2. The molecule has 3 N–H and O–H groups in total. The third kappa shape index (κ3) is 3.45. The summed E-state index contributed by atoms with van der Waals surface area (Å²) in [7, 11) is 0. The van der Waals surface area contributed by atoms with Crippen molar-refractivity contribution in [2.75, 3.05) is 11.1 Å². The van der Waals surface area contributed by atoms with Crippen LogP contribution < -0.4 is 11.1 Å². The lowest BCUT2D eigenvalue weighted by Gasteiger charge is -2.08. The van der Waals surface area contributed by atoms with E-state index in [1.165, 1.54) is 24.3 Å². The van der Waals surface area contributed by atoms with E-state index in [1.807, 2.05) is 0 Å². The highest BCUT2D eigenvalue weighted by Gasteiger charge is 2.12. The fourth-order valence-corrected chi connectivity index (χ4v) is 1.98. The monoisotopic (exact) mass is 296 g/mol. The van der Waals surface area contributed by atoms with E-state index >= 15 is 0 Å². The third-order valence-corrected chi connectivity index (χ3v) is 2.96. The molecule has 1 amide bonds. The zero-order valence-electron chi connectivity index (χ0n) is 10.3. The lowest BCUT2D eigenvalue weighted by molar-refractivity contribution is -0.115. The van der Waals surface area contributed by atoms with Gasteiger partial charge in [-0.15, -0.1) is 0 Å². The van der Waals surface area contributed by atoms with Crippen LogP contribution in [0, 0.1) is 11.6 Å². The van der Waals surface area contributed by atoms with Crippen molar-refractivity contribution >= 4 is 28.9 Å². The molecule has 0 bridgehead atoms. The molecule has 3 nitrogen and oxygen atoms in total. The summed E-state index contributed by atoms with van der Waals surface area (Å²) >= 11 is 5.83. The lowest BCUT2D eigenvalue weighted by atomic mass is 10.1. The number of anilines is 2. The summed E-state index contributed by atoms with van der Waals surface area (Å²) in [6, 6.07) is 7.82. The predicted octanol–water partition coefficient (Wildman–Crippen LogP) is 3.38. The Morgan fingerprint density at radius 2 is 2.00 bits per heavy atom. The van der Waals surface area contributed by atoms with Gasteiger partial charge in [0, 0.05) is 22.0 Å². The second kappa shape index (κ2) is 5.88. The molecule has 104 valence electrons. The van der Waals surface area contributed by atoms with Crippen molar-refractivity contribution in [2.45, 2.75) is 6.42 Å².